The van der Waals surface area contributed by atoms with Crippen molar-refractivity contribution in [2.45, 2.75) is 42.6 Å². The fourth-order valence-electron chi connectivity index (χ4n) is 2.50. The lowest BCUT2D eigenvalue weighted by atomic mass is 9.96. The second kappa shape index (κ2) is 7.81. The summed E-state index contributed by atoms with van der Waals surface area (Å²) in [5.74, 6) is -7.88. The van der Waals surface area contributed by atoms with E-state index in [-0.39, 0.29) is 11.3 Å². The minimum Gasteiger partial charge on any atom is -0.743 e. The molecule has 0 aliphatic carbocycles. The first-order chi connectivity index (χ1) is 13.9. The standard InChI is InChI=1S/C17H16F6O6S2/c1-3-10(2)11-4-5-13-9-14(7-6-12(13)8-11)29-31(27,28)17(22,23)15(18,19)16(20,21)30(24,25)26/h4-10H,3H2,1-2H3,(H,24,25,26)/p-1. The molecule has 14 heteroatoms. The summed E-state index contributed by atoms with van der Waals surface area (Å²) in [6.07, 6.45) is 0.804. The average Bonchev–Trinajstić information content (AvgIpc) is 2.65. The van der Waals surface area contributed by atoms with Crippen LogP contribution in [-0.4, -0.2) is 37.8 Å². The Morgan fingerprint density at radius 3 is 1.94 bits per heavy atom. The number of rotatable bonds is 8. The minimum absolute atomic E-state index is 0.167. The third-order valence-electron chi connectivity index (χ3n) is 4.58. The van der Waals surface area contributed by atoms with Gasteiger partial charge in [0.25, 0.3) is 0 Å². The SMILES string of the molecule is CCC(C)c1ccc2cc(OS(=O)(=O)C(F)(F)C(F)(F)C(F)(F)S(=O)(=O)[O-])ccc2c1. The zero-order valence-corrected chi connectivity index (χ0v) is 17.4. The van der Waals surface area contributed by atoms with Gasteiger partial charge >= 0.3 is 26.5 Å². The number of hydrogen-bond acceptors (Lipinski definition) is 6. The van der Waals surface area contributed by atoms with Gasteiger partial charge < -0.3 is 8.74 Å². The molecule has 2 aromatic rings. The zero-order valence-electron chi connectivity index (χ0n) is 15.8. The van der Waals surface area contributed by atoms with Gasteiger partial charge in [-0.3, -0.25) is 0 Å². The molecule has 0 aliphatic heterocycles. The number of hydrogen-bond donors (Lipinski definition) is 0. The Morgan fingerprint density at radius 1 is 0.903 bits per heavy atom. The van der Waals surface area contributed by atoms with E-state index in [1.165, 1.54) is 12.1 Å². The van der Waals surface area contributed by atoms with Gasteiger partial charge in [0.15, 0.2) is 10.1 Å². The Balaban J connectivity index is 2.45. The average molecular weight is 493 g/mol. The fourth-order valence-corrected chi connectivity index (χ4v) is 3.91. The van der Waals surface area contributed by atoms with E-state index in [1.807, 2.05) is 13.8 Å². The maximum Gasteiger partial charge on any atom is 0.450 e. The molecule has 174 valence electrons. The van der Waals surface area contributed by atoms with E-state index in [1.54, 1.807) is 12.1 Å². The lowest BCUT2D eigenvalue weighted by Gasteiger charge is -2.32. The van der Waals surface area contributed by atoms with Crippen LogP contribution in [0.25, 0.3) is 10.8 Å². The van der Waals surface area contributed by atoms with Gasteiger partial charge in [0.2, 0.25) is 0 Å². The molecule has 31 heavy (non-hydrogen) atoms. The molecule has 0 spiro atoms. The lowest BCUT2D eigenvalue weighted by Crippen LogP contribution is -2.61. The molecule has 0 heterocycles. The summed E-state index contributed by atoms with van der Waals surface area (Å²) in [5, 5.41) is -12.9. The Morgan fingerprint density at radius 2 is 1.42 bits per heavy atom. The van der Waals surface area contributed by atoms with E-state index in [9.17, 15) is 47.7 Å². The molecular weight excluding hydrogens is 478 g/mol. The van der Waals surface area contributed by atoms with Crippen LogP contribution in [0.2, 0.25) is 0 Å². The molecule has 1 atom stereocenters. The molecule has 6 nitrogen and oxygen atoms in total. The van der Waals surface area contributed by atoms with Crippen LogP contribution in [0.1, 0.15) is 31.7 Å². The quantitative estimate of drug-likeness (QED) is 0.307. The van der Waals surface area contributed by atoms with Gasteiger partial charge in [-0.1, -0.05) is 38.1 Å². The maximum absolute atomic E-state index is 13.8. The smallest absolute Gasteiger partial charge is 0.450 e. The third-order valence-corrected chi connectivity index (χ3v) is 6.76. The number of fused-ring (bicyclic) bond motifs is 1. The minimum atomic E-state index is -7.35. The van der Waals surface area contributed by atoms with E-state index in [0.717, 1.165) is 24.1 Å². The monoisotopic (exact) mass is 493 g/mol. The normalized spacial score (nSPS) is 15.1. The van der Waals surface area contributed by atoms with Crippen molar-refractivity contribution in [3.05, 3.63) is 42.0 Å². The summed E-state index contributed by atoms with van der Waals surface area (Å²) in [4.78, 5) is 0. The van der Waals surface area contributed by atoms with Crippen LogP contribution >= 0.6 is 0 Å². The van der Waals surface area contributed by atoms with Crippen molar-refractivity contribution in [3.8, 4) is 5.75 Å². The molecule has 0 saturated heterocycles. The molecular formula is C17H15F6O6S2-. The molecule has 0 aliphatic rings. The van der Waals surface area contributed by atoms with E-state index in [2.05, 4.69) is 4.18 Å². The van der Waals surface area contributed by atoms with Gasteiger partial charge in [-0.25, -0.2) is 8.42 Å². The van der Waals surface area contributed by atoms with Gasteiger partial charge in [0.05, 0.1) is 0 Å². The van der Waals surface area contributed by atoms with E-state index in [0.29, 0.717) is 5.39 Å². The first-order valence-electron chi connectivity index (χ1n) is 8.45. The molecule has 0 N–H and O–H groups in total. The Hall–Kier alpha value is -2.06. The Bertz CT molecular complexity index is 1190. The van der Waals surface area contributed by atoms with Crippen LogP contribution in [-0.2, 0) is 20.2 Å². The van der Waals surface area contributed by atoms with Gasteiger partial charge in [-0.05, 0) is 40.8 Å². The summed E-state index contributed by atoms with van der Waals surface area (Å²) in [7, 11) is -14.2. The maximum atomic E-state index is 13.8. The van der Waals surface area contributed by atoms with E-state index >= 15 is 0 Å². The van der Waals surface area contributed by atoms with Crippen molar-refractivity contribution in [2.24, 2.45) is 0 Å². The topological polar surface area (TPSA) is 101 Å². The summed E-state index contributed by atoms with van der Waals surface area (Å²) >= 11 is 0. The van der Waals surface area contributed by atoms with Crippen LogP contribution in [0, 0.1) is 0 Å². The molecule has 0 bridgehead atoms. The second-order valence-corrected chi connectivity index (χ2v) is 9.69. The lowest BCUT2D eigenvalue weighted by molar-refractivity contribution is -0.247. The van der Waals surface area contributed by atoms with E-state index in [4.69, 9.17) is 0 Å². The van der Waals surface area contributed by atoms with Crippen molar-refractivity contribution in [1.82, 2.24) is 0 Å². The van der Waals surface area contributed by atoms with Crippen molar-refractivity contribution in [1.29, 1.82) is 0 Å². The van der Waals surface area contributed by atoms with Crippen LogP contribution in [0.4, 0.5) is 26.3 Å². The highest BCUT2D eigenvalue weighted by Gasteiger charge is 2.81. The fraction of sp³-hybridized carbons (Fsp3) is 0.412. The summed E-state index contributed by atoms with van der Waals surface area (Å²) in [6.45, 7) is 3.87. The molecule has 0 amide bonds. The predicted octanol–water partition coefficient (Wildman–Crippen LogP) is 4.43. The van der Waals surface area contributed by atoms with Gasteiger partial charge in [0, 0.05) is 0 Å². The van der Waals surface area contributed by atoms with Gasteiger partial charge in [-0.2, -0.15) is 34.8 Å². The summed E-state index contributed by atoms with van der Waals surface area (Å²) in [6, 6.07) is 7.75. The number of halogens is 6. The first-order valence-corrected chi connectivity index (χ1v) is 11.3. The van der Waals surface area contributed by atoms with Crippen molar-refractivity contribution in [3.63, 3.8) is 0 Å². The Labute approximate surface area is 173 Å². The van der Waals surface area contributed by atoms with Gasteiger partial charge in [0.1, 0.15) is 5.75 Å². The highest BCUT2D eigenvalue weighted by Crippen LogP contribution is 2.51. The molecule has 2 aromatic carbocycles. The molecule has 0 fully saturated rings. The van der Waals surface area contributed by atoms with Crippen LogP contribution < -0.4 is 4.18 Å². The predicted molar refractivity (Wildman–Crippen MR) is 96.7 cm³/mol. The second-order valence-electron chi connectivity index (χ2n) is 6.68. The molecule has 0 saturated carbocycles. The first kappa shape index (κ1) is 25.2. The summed E-state index contributed by atoms with van der Waals surface area (Å²) < 4.78 is 139. The number of alkyl halides is 6. The van der Waals surface area contributed by atoms with Gasteiger partial charge in [-0.15, -0.1) is 0 Å². The third kappa shape index (κ3) is 4.20. The van der Waals surface area contributed by atoms with Crippen LogP contribution in [0.5, 0.6) is 5.75 Å². The summed E-state index contributed by atoms with van der Waals surface area (Å²) in [5.41, 5.74) is 0.906. The van der Waals surface area contributed by atoms with Crippen molar-refractivity contribution in [2.75, 3.05) is 0 Å². The largest absolute Gasteiger partial charge is 0.743 e. The Kier molecular flexibility index (Phi) is 6.35. The van der Waals surface area contributed by atoms with Crippen molar-refractivity contribution >= 4 is 31.0 Å². The van der Waals surface area contributed by atoms with Crippen molar-refractivity contribution < 1.29 is 51.9 Å². The molecule has 1 unspecified atom stereocenters. The van der Waals surface area contributed by atoms with Crippen LogP contribution in [0.3, 0.4) is 0 Å². The van der Waals surface area contributed by atoms with Crippen LogP contribution in [0.15, 0.2) is 36.4 Å². The number of benzene rings is 2. The highest BCUT2D eigenvalue weighted by molar-refractivity contribution is 7.88. The molecule has 0 radical (unpaired) electrons. The molecule has 0 aromatic heterocycles. The van der Waals surface area contributed by atoms with E-state index < -0.39 is 42.4 Å². The zero-order chi connectivity index (χ0) is 24.0. The molecule has 2 rings (SSSR count). The highest BCUT2D eigenvalue weighted by atomic mass is 32.2.